The molecular weight excluding hydrogens is 310 g/mol. The summed E-state index contributed by atoms with van der Waals surface area (Å²) in [6.45, 7) is 6.76. The predicted octanol–water partition coefficient (Wildman–Crippen LogP) is 2.23. The van der Waals surface area contributed by atoms with Crippen LogP contribution in [-0.2, 0) is 16.6 Å². The molecule has 2 rings (SSSR count). The van der Waals surface area contributed by atoms with E-state index in [1.807, 2.05) is 6.92 Å². The van der Waals surface area contributed by atoms with Crippen molar-refractivity contribution in [3.63, 3.8) is 0 Å². The number of amides is 1. The van der Waals surface area contributed by atoms with Crippen molar-refractivity contribution >= 4 is 17.6 Å². The van der Waals surface area contributed by atoms with Gasteiger partial charge in [0.05, 0.1) is 17.1 Å². The molecule has 1 aromatic heterocycles. The van der Waals surface area contributed by atoms with E-state index < -0.39 is 18.0 Å². The standard InChI is InChI=1S/C17H21N3O4/c1-9-7-6-8-13(15(9)21)17(23)24-12(4)16(22)18-14-10(2)19-20(5)11(14)3/h6-8,12,21H,1-5H3,(H,18,22)/t12-/m0/s1. The second-order valence-electron chi connectivity index (χ2n) is 5.68. The Morgan fingerprint density at radius 1 is 1.29 bits per heavy atom. The average Bonchev–Trinajstić information content (AvgIpc) is 2.76. The van der Waals surface area contributed by atoms with Crippen LogP contribution in [0.4, 0.5) is 5.69 Å². The second kappa shape index (κ2) is 6.74. The fourth-order valence-electron chi connectivity index (χ4n) is 2.28. The summed E-state index contributed by atoms with van der Waals surface area (Å²) in [7, 11) is 1.78. The lowest BCUT2D eigenvalue weighted by atomic mass is 10.1. The molecule has 0 saturated heterocycles. The van der Waals surface area contributed by atoms with Crippen molar-refractivity contribution in [3.8, 4) is 5.75 Å². The number of carbonyl (C=O) groups excluding carboxylic acids is 2. The molecule has 1 heterocycles. The Balaban J connectivity index is 2.09. The lowest BCUT2D eigenvalue weighted by Crippen LogP contribution is -2.30. The number of carbonyl (C=O) groups is 2. The molecule has 2 N–H and O–H groups in total. The highest BCUT2D eigenvalue weighted by Gasteiger charge is 2.23. The number of aromatic hydroxyl groups is 1. The zero-order valence-electron chi connectivity index (χ0n) is 14.4. The SMILES string of the molecule is Cc1cccc(C(=O)O[C@@H](C)C(=O)Nc2c(C)nn(C)c2C)c1O. The van der Waals surface area contributed by atoms with Crippen LogP contribution in [0.3, 0.4) is 0 Å². The second-order valence-corrected chi connectivity index (χ2v) is 5.68. The first-order chi connectivity index (χ1) is 11.2. The number of rotatable bonds is 4. The van der Waals surface area contributed by atoms with E-state index in [4.69, 9.17) is 4.74 Å². The monoisotopic (exact) mass is 331 g/mol. The van der Waals surface area contributed by atoms with Crippen LogP contribution in [0.1, 0.15) is 34.2 Å². The summed E-state index contributed by atoms with van der Waals surface area (Å²) < 4.78 is 6.81. The molecule has 0 spiro atoms. The van der Waals surface area contributed by atoms with Gasteiger partial charge in [-0.1, -0.05) is 12.1 Å². The van der Waals surface area contributed by atoms with Crippen molar-refractivity contribution in [2.75, 3.05) is 5.32 Å². The maximum absolute atomic E-state index is 12.3. The number of aryl methyl sites for hydroxylation is 3. The van der Waals surface area contributed by atoms with E-state index in [-0.39, 0.29) is 11.3 Å². The van der Waals surface area contributed by atoms with E-state index in [1.54, 1.807) is 37.7 Å². The van der Waals surface area contributed by atoms with Gasteiger partial charge in [0.25, 0.3) is 5.91 Å². The van der Waals surface area contributed by atoms with Crippen molar-refractivity contribution in [2.24, 2.45) is 7.05 Å². The van der Waals surface area contributed by atoms with Crippen LogP contribution < -0.4 is 5.32 Å². The van der Waals surface area contributed by atoms with Crippen LogP contribution in [0.15, 0.2) is 18.2 Å². The minimum absolute atomic E-state index is 0.0309. The van der Waals surface area contributed by atoms with E-state index in [2.05, 4.69) is 10.4 Å². The van der Waals surface area contributed by atoms with Crippen LogP contribution in [0.25, 0.3) is 0 Å². The first kappa shape index (κ1) is 17.5. The van der Waals surface area contributed by atoms with Crippen LogP contribution in [0, 0.1) is 20.8 Å². The summed E-state index contributed by atoms with van der Waals surface area (Å²) in [6, 6.07) is 4.76. The fourth-order valence-corrected chi connectivity index (χ4v) is 2.28. The quantitative estimate of drug-likeness (QED) is 0.838. The van der Waals surface area contributed by atoms with E-state index >= 15 is 0 Å². The Kier molecular flexibility index (Phi) is 4.92. The normalized spacial score (nSPS) is 11.9. The van der Waals surface area contributed by atoms with Crippen molar-refractivity contribution in [1.29, 1.82) is 0 Å². The highest BCUT2D eigenvalue weighted by Crippen LogP contribution is 2.23. The van der Waals surface area contributed by atoms with Gasteiger partial charge in [-0.25, -0.2) is 4.79 Å². The first-order valence-corrected chi connectivity index (χ1v) is 7.53. The largest absolute Gasteiger partial charge is 0.507 e. The third-order valence-electron chi connectivity index (χ3n) is 3.87. The number of ether oxygens (including phenoxy) is 1. The molecule has 0 aliphatic rings. The number of hydrogen-bond donors (Lipinski definition) is 2. The summed E-state index contributed by atoms with van der Waals surface area (Å²) in [6.07, 6.45) is -1.02. The highest BCUT2D eigenvalue weighted by molar-refractivity contribution is 5.99. The van der Waals surface area contributed by atoms with Crippen molar-refractivity contribution in [1.82, 2.24) is 9.78 Å². The minimum Gasteiger partial charge on any atom is -0.507 e. The van der Waals surface area contributed by atoms with Gasteiger partial charge < -0.3 is 15.2 Å². The lowest BCUT2D eigenvalue weighted by molar-refractivity contribution is -0.123. The van der Waals surface area contributed by atoms with E-state index in [0.29, 0.717) is 16.9 Å². The van der Waals surface area contributed by atoms with Gasteiger partial charge in [0.2, 0.25) is 0 Å². The molecule has 2 aromatic rings. The summed E-state index contributed by atoms with van der Waals surface area (Å²) >= 11 is 0. The highest BCUT2D eigenvalue weighted by atomic mass is 16.5. The maximum Gasteiger partial charge on any atom is 0.342 e. The zero-order chi connectivity index (χ0) is 18.0. The van der Waals surface area contributed by atoms with Gasteiger partial charge in [-0.15, -0.1) is 0 Å². The number of nitrogens with zero attached hydrogens (tertiary/aromatic N) is 2. The third-order valence-corrected chi connectivity index (χ3v) is 3.87. The summed E-state index contributed by atoms with van der Waals surface area (Å²) in [5.74, 6) is -1.36. The van der Waals surface area contributed by atoms with Crippen LogP contribution in [0.2, 0.25) is 0 Å². The first-order valence-electron chi connectivity index (χ1n) is 7.53. The Hall–Kier alpha value is -2.83. The van der Waals surface area contributed by atoms with E-state index in [0.717, 1.165) is 5.69 Å². The molecule has 1 aromatic carbocycles. The number of esters is 1. The minimum atomic E-state index is -1.02. The molecule has 7 nitrogen and oxygen atoms in total. The Labute approximate surface area is 140 Å². The lowest BCUT2D eigenvalue weighted by Gasteiger charge is -2.14. The number of nitrogens with one attached hydrogen (secondary N) is 1. The maximum atomic E-state index is 12.3. The average molecular weight is 331 g/mol. The number of phenols is 1. The van der Waals surface area contributed by atoms with Crippen molar-refractivity contribution < 1.29 is 19.4 Å². The molecule has 0 saturated carbocycles. The van der Waals surface area contributed by atoms with Gasteiger partial charge in [0.1, 0.15) is 11.3 Å². The number of aromatic nitrogens is 2. The summed E-state index contributed by atoms with van der Waals surface area (Å²) in [5, 5.41) is 16.9. The molecule has 0 unspecified atom stereocenters. The number of phenolic OH excluding ortho intramolecular Hbond substituents is 1. The fraction of sp³-hybridized carbons (Fsp3) is 0.353. The van der Waals surface area contributed by atoms with Gasteiger partial charge in [-0.3, -0.25) is 9.48 Å². The molecule has 0 aliphatic carbocycles. The van der Waals surface area contributed by atoms with Crippen molar-refractivity contribution in [2.45, 2.75) is 33.8 Å². The van der Waals surface area contributed by atoms with Gasteiger partial charge >= 0.3 is 5.97 Å². The van der Waals surface area contributed by atoms with Gasteiger partial charge in [0, 0.05) is 7.05 Å². The molecule has 24 heavy (non-hydrogen) atoms. The van der Waals surface area contributed by atoms with Gasteiger partial charge in [-0.2, -0.15) is 5.10 Å². The van der Waals surface area contributed by atoms with E-state index in [1.165, 1.54) is 13.0 Å². The number of hydrogen-bond acceptors (Lipinski definition) is 5. The third kappa shape index (κ3) is 3.40. The molecule has 0 radical (unpaired) electrons. The molecule has 7 heteroatoms. The Bertz CT molecular complexity index is 795. The number of anilines is 1. The molecule has 0 aliphatic heterocycles. The van der Waals surface area contributed by atoms with Crippen molar-refractivity contribution in [3.05, 3.63) is 40.7 Å². The molecule has 1 atom stereocenters. The Morgan fingerprint density at radius 3 is 2.54 bits per heavy atom. The van der Waals surface area contributed by atoms with E-state index in [9.17, 15) is 14.7 Å². The molecule has 128 valence electrons. The van der Waals surface area contributed by atoms with Gasteiger partial charge in [-0.05, 0) is 39.3 Å². The number of benzene rings is 1. The molecule has 0 bridgehead atoms. The smallest absolute Gasteiger partial charge is 0.342 e. The van der Waals surface area contributed by atoms with Crippen LogP contribution >= 0.6 is 0 Å². The number of para-hydroxylation sites is 1. The van der Waals surface area contributed by atoms with Crippen LogP contribution in [0.5, 0.6) is 5.75 Å². The van der Waals surface area contributed by atoms with Crippen LogP contribution in [-0.4, -0.2) is 32.9 Å². The summed E-state index contributed by atoms with van der Waals surface area (Å²) in [5.41, 5.74) is 2.67. The molecule has 0 fully saturated rings. The topological polar surface area (TPSA) is 93.5 Å². The van der Waals surface area contributed by atoms with Gasteiger partial charge in [0.15, 0.2) is 6.10 Å². The zero-order valence-corrected chi connectivity index (χ0v) is 14.4. The molecular formula is C17H21N3O4. The summed E-state index contributed by atoms with van der Waals surface area (Å²) in [4.78, 5) is 24.4. The molecule has 1 amide bonds. The predicted molar refractivity (Wildman–Crippen MR) is 89.0 cm³/mol. The Morgan fingerprint density at radius 2 is 1.96 bits per heavy atom.